The Morgan fingerprint density at radius 3 is 2.67 bits per heavy atom. The molecule has 1 amide bonds. The standard InChI is InChI=1S/C16H24IN3O/c1-18-13-6-8-15(9-7-13)20(2)11-16(21)19-14-5-3-4-12(17)10-14/h3-5,10,13,15,18H,6-9,11H2,1-2H3,(H,19,21). The third kappa shape index (κ3) is 5.23. The minimum Gasteiger partial charge on any atom is -0.325 e. The lowest BCUT2D eigenvalue weighted by molar-refractivity contribution is -0.117. The molecule has 1 fully saturated rings. The highest BCUT2D eigenvalue weighted by Crippen LogP contribution is 2.22. The molecule has 1 aromatic rings. The van der Waals surface area contributed by atoms with Crippen molar-refractivity contribution >= 4 is 34.2 Å². The second-order valence-electron chi connectivity index (χ2n) is 5.77. The molecule has 1 aliphatic carbocycles. The summed E-state index contributed by atoms with van der Waals surface area (Å²) in [5.74, 6) is 0.0650. The summed E-state index contributed by atoms with van der Waals surface area (Å²) >= 11 is 2.25. The van der Waals surface area contributed by atoms with E-state index >= 15 is 0 Å². The van der Waals surface area contributed by atoms with Gasteiger partial charge in [-0.2, -0.15) is 0 Å². The first kappa shape index (κ1) is 16.7. The maximum atomic E-state index is 12.1. The van der Waals surface area contributed by atoms with Gasteiger partial charge in [0, 0.05) is 21.3 Å². The van der Waals surface area contributed by atoms with E-state index in [0.717, 1.165) is 9.26 Å². The van der Waals surface area contributed by atoms with Gasteiger partial charge in [-0.05, 0) is 80.6 Å². The number of nitrogens with one attached hydrogen (secondary N) is 2. The predicted octanol–water partition coefficient (Wildman–Crippen LogP) is 2.69. The number of carbonyl (C=O) groups is 1. The minimum atomic E-state index is 0.0650. The highest BCUT2D eigenvalue weighted by atomic mass is 127. The zero-order valence-electron chi connectivity index (χ0n) is 12.7. The number of hydrogen-bond donors (Lipinski definition) is 2. The summed E-state index contributed by atoms with van der Waals surface area (Å²) in [4.78, 5) is 14.3. The molecule has 116 valence electrons. The molecule has 1 saturated carbocycles. The SMILES string of the molecule is CNC1CCC(N(C)CC(=O)Nc2cccc(I)c2)CC1. The zero-order chi connectivity index (χ0) is 15.2. The molecule has 0 aliphatic heterocycles. The molecule has 2 rings (SSSR count). The highest BCUT2D eigenvalue weighted by molar-refractivity contribution is 14.1. The van der Waals surface area contributed by atoms with Gasteiger partial charge < -0.3 is 10.6 Å². The van der Waals surface area contributed by atoms with Crippen LogP contribution in [0.5, 0.6) is 0 Å². The molecule has 2 N–H and O–H groups in total. The molecule has 21 heavy (non-hydrogen) atoms. The first-order chi connectivity index (χ1) is 10.1. The third-order valence-corrected chi connectivity index (χ3v) is 4.90. The monoisotopic (exact) mass is 401 g/mol. The van der Waals surface area contributed by atoms with E-state index in [0.29, 0.717) is 18.6 Å². The van der Waals surface area contributed by atoms with E-state index in [1.165, 1.54) is 25.7 Å². The number of benzene rings is 1. The lowest BCUT2D eigenvalue weighted by Crippen LogP contribution is -2.42. The lowest BCUT2D eigenvalue weighted by atomic mass is 9.90. The van der Waals surface area contributed by atoms with Crippen molar-refractivity contribution in [1.82, 2.24) is 10.2 Å². The summed E-state index contributed by atoms with van der Waals surface area (Å²) in [6.45, 7) is 0.459. The number of anilines is 1. The van der Waals surface area contributed by atoms with E-state index in [1.807, 2.05) is 31.3 Å². The Hall–Kier alpha value is -0.660. The second kappa shape index (κ2) is 8.10. The fourth-order valence-corrected chi connectivity index (χ4v) is 3.47. The van der Waals surface area contributed by atoms with E-state index < -0.39 is 0 Å². The molecule has 0 saturated heterocycles. The first-order valence-electron chi connectivity index (χ1n) is 7.51. The van der Waals surface area contributed by atoms with E-state index in [1.54, 1.807) is 0 Å². The van der Waals surface area contributed by atoms with Crippen molar-refractivity contribution < 1.29 is 4.79 Å². The lowest BCUT2D eigenvalue weighted by Gasteiger charge is -2.34. The molecule has 0 radical (unpaired) electrons. The van der Waals surface area contributed by atoms with E-state index in [-0.39, 0.29) is 5.91 Å². The number of hydrogen-bond acceptors (Lipinski definition) is 3. The molecule has 0 unspecified atom stereocenters. The molecule has 1 aromatic carbocycles. The van der Waals surface area contributed by atoms with Crippen LogP contribution in [0.1, 0.15) is 25.7 Å². The first-order valence-corrected chi connectivity index (χ1v) is 8.59. The minimum absolute atomic E-state index is 0.0650. The normalized spacial score (nSPS) is 22.3. The van der Waals surface area contributed by atoms with Crippen molar-refractivity contribution in [1.29, 1.82) is 0 Å². The van der Waals surface area contributed by atoms with E-state index in [2.05, 4.69) is 45.2 Å². The third-order valence-electron chi connectivity index (χ3n) is 4.23. The van der Waals surface area contributed by atoms with Gasteiger partial charge in [-0.15, -0.1) is 0 Å². The number of nitrogens with zero attached hydrogens (tertiary/aromatic N) is 1. The Morgan fingerprint density at radius 2 is 2.05 bits per heavy atom. The largest absolute Gasteiger partial charge is 0.325 e. The summed E-state index contributed by atoms with van der Waals surface area (Å²) in [5.41, 5.74) is 0.874. The maximum absolute atomic E-state index is 12.1. The predicted molar refractivity (Wildman–Crippen MR) is 95.5 cm³/mol. The van der Waals surface area contributed by atoms with Gasteiger partial charge in [-0.25, -0.2) is 0 Å². The topological polar surface area (TPSA) is 44.4 Å². The van der Waals surface area contributed by atoms with Crippen molar-refractivity contribution in [3.63, 3.8) is 0 Å². The Labute approximate surface area is 140 Å². The van der Waals surface area contributed by atoms with Crippen LogP contribution in [-0.4, -0.2) is 43.5 Å². The van der Waals surface area contributed by atoms with Gasteiger partial charge in [0.25, 0.3) is 0 Å². The number of carbonyl (C=O) groups excluding carboxylic acids is 1. The molecule has 1 aliphatic rings. The Balaban J connectivity index is 1.79. The Kier molecular flexibility index (Phi) is 6.44. The van der Waals surface area contributed by atoms with Crippen molar-refractivity contribution in [3.8, 4) is 0 Å². The molecule has 0 aromatic heterocycles. The van der Waals surface area contributed by atoms with Gasteiger partial charge in [0.15, 0.2) is 0 Å². The van der Waals surface area contributed by atoms with Crippen LogP contribution >= 0.6 is 22.6 Å². The molecule has 0 bridgehead atoms. The maximum Gasteiger partial charge on any atom is 0.238 e. The van der Waals surface area contributed by atoms with Crippen LogP contribution in [0.4, 0.5) is 5.69 Å². The van der Waals surface area contributed by atoms with Gasteiger partial charge >= 0.3 is 0 Å². The van der Waals surface area contributed by atoms with Crippen LogP contribution < -0.4 is 10.6 Å². The summed E-state index contributed by atoms with van der Waals surface area (Å²) in [6.07, 6.45) is 4.73. The quantitative estimate of drug-likeness (QED) is 0.746. The smallest absolute Gasteiger partial charge is 0.238 e. The highest BCUT2D eigenvalue weighted by Gasteiger charge is 2.24. The molecule has 5 heteroatoms. The molecular formula is C16H24IN3O. The Morgan fingerprint density at radius 1 is 1.33 bits per heavy atom. The van der Waals surface area contributed by atoms with Crippen molar-refractivity contribution in [3.05, 3.63) is 27.8 Å². The van der Waals surface area contributed by atoms with Crippen LogP contribution in [0.25, 0.3) is 0 Å². The molecule has 0 spiro atoms. The van der Waals surface area contributed by atoms with Gasteiger partial charge in [0.05, 0.1) is 6.54 Å². The average molecular weight is 401 g/mol. The van der Waals surface area contributed by atoms with E-state index in [4.69, 9.17) is 0 Å². The van der Waals surface area contributed by atoms with Crippen LogP contribution in [0, 0.1) is 3.57 Å². The fourth-order valence-electron chi connectivity index (χ4n) is 2.93. The molecule has 0 atom stereocenters. The van der Waals surface area contributed by atoms with Crippen LogP contribution in [0.15, 0.2) is 24.3 Å². The number of rotatable bonds is 5. The second-order valence-corrected chi connectivity index (χ2v) is 7.01. The van der Waals surface area contributed by atoms with Gasteiger partial charge in [-0.1, -0.05) is 6.07 Å². The molecular weight excluding hydrogens is 377 g/mol. The molecule has 4 nitrogen and oxygen atoms in total. The van der Waals surface area contributed by atoms with Crippen LogP contribution in [-0.2, 0) is 4.79 Å². The molecule has 0 heterocycles. The number of likely N-dealkylation sites (N-methyl/N-ethyl adjacent to an activating group) is 1. The van der Waals surface area contributed by atoms with E-state index in [9.17, 15) is 4.79 Å². The summed E-state index contributed by atoms with van der Waals surface area (Å²) in [5, 5.41) is 6.32. The average Bonchev–Trinajstić information content (AvgIpc) is 2.47. The zero-order valence-corrected chi connectivity index (χ0v) is 14.9. The summed E-state index contributed by atoms with van der Waals surface area (Å²) in [6, 6.07) is 9.06. The summed E-state index contributed by atoms with van der Waals surface area (Å²) in [7, 11) is 4.09. The summed E-state index contributed by atoms with van der Waals surface area (Å²) < 4.78 is 1.13. The van der Waals surface area contributed by atoms with Gasteiger partial charge in [0.2, 0.25) is 5.91 Å². The fraction of sp³-hybridized carbons (Fsp3) is 0.562. The van der Waals surface area contributed by atoms with Gasteiger partial charge in [0.1, 0.15) is 0 Å². The number of halogens is 1. The van der Waals surface area contributed by atoms with Crippen molar-refractivity contribution in [2.75, 3.05) is 26.0 Å². The number of amides is 1. The van der Waals surface area contributed by atoms with Crippen molar-refractivity contribution in [2.45, 2.75) is 37.8 Å². The van der Waals surface area contributed by atoms with Gasteiger partial charge in [-0.3, -0.25) is 9.69 Å². The van der Waals surface area contributed by atoms with Crippen LogP contribution in [0.3, 0.4) is 0 Å². The van der Waals surface area contributed by atoms with Crippen LogP contribution in [0.2, 0.25) is 0 Å². The van der Waals surface area contributed by atoms with Crippen molar-refractivity contribution in [2.24, 2.45) is 0 Å². The Bertz CT molecular complexity index is 472.